The van der Waals surface area contributed by atoms with Crippen LogP contribution in [0.2, 0.25) is 0 Å². The molecule has 1 aromatic heterocycles. The maximum Gasteiger partial charge on any atom is 0.311 e. The van der Waals surface area contributed by atoms with Crippen molar-refractivity contribution in [1.82, 2.24) is 0 Å². The van der Waals surface area contributed by atoms with Crippen molar-refractivity contribution in [3.63, 3.8) is 0 Å². The second-order valence-electron chi connectivity index (χ2n) is 26.7. The fraction of sp³-hybridized carbons (Fsp3) is 0.859. The number of esters is 5. The Labute approximate surface area is 510 Å². The van der Waals surface area contributed by atoms with Crippen molar-refractivity contribution in [3.8, 4) is 0 Å². The van der Waals surface area contributed by atoms with Crippen LogP contribution in [0.4, 0.5) is 0 Å². The highest BCUT2D eigenvalue weighted by Crippen LogP contribution is 2.53. The van der Waals surface area contributed by atoms with Crippen LogP contribution in [0.25, 0.3) is 0 Å². The third kappa shape index (κ3) is 28.6. The van der Waals surface area contributed by atoms with E-state index in [1.165, 1.54) is 12.4 Å². The van der Waals surface area contributed by atoms with Crippen LogP contribution < -0.4 is 4.73 Å². The van der Waals surface area contributed by atoms with E-state index in [1.54, 1.807) is 39.8 Å². The van der Waals surface area contributed by atoms with Crippen molar-refractivity contribution in [3.05, 3.63) is 35.3 Å². The normalized spacial score (nSPS) is 16.7. The predicted octanol–water partition coefficient (Wildman–Crippen LogP) is 18.9. The maximum atomic E-state index is 15.7. The van der Waals surface area contributed by atoms with Gasteiger partial charge in [-0.1, -0.05) is 187 Å². The van der Waals surface area contributed by atoms with E-state index in [9.17, 15) is 10.0 Å². The van der Waals surface area contributed by atoms with E-state index < -0.39 is 56.9 Å². The third-order valence-corrected chi connectivity index (χ3v) is 18.2. The topological polar surface area (TPSA) is 158 Å². The van der Waals surface area contributed by atoms with E-state index in [0.717, 1.165) is 139 Å². The van der Waals surface area contributed by atoms with E-state index in [4.69, 9.17) is 23.7 Å². The van der Waals surface area contributed by atoms with Gasteiger partial charge in [-0.2, -0.15) is 4.73 Å². The molecule has 12 heteroatoms. The first-order chi connectivity index (χ1) is 38.3. The molecule has 486 valence electrons. The largest absolute Gasteiger partial charge is 0.619 e. The molecule has 1 aromatic rings. The summed E-state index contributed by atoms with van der Waals surface area (Å²) >= 11 is 0. The van der Waals surface area contributed by atoms with Crippen LogP contribution in [0.15, 0.2) is 24.5 Å². The van der Waals surface area contributed by atoms with Crippen molar-refractivity contribution >= 4 is 29.8 Å². The van der Waals surface area contributed by atoms with Gasteiger partial charge in [-0.05, 0) is 153 Å². The van der Waals surface area contributed by atoms with Gasteiger partial charge in [0.2, 0.25) is 0 Å². The Morgan fingerprint density at radius 1 is 0.398 bits per heavy atom. The zero-order valence-electron chi connectivity index (χ0n) is 55.1. The van der Waals surface area contributed by atoms with Gasteiger partial charge >= 0.3 is 29.8 Å². The Balaban J connectivity index is 0. The summed E-state index contributed by atoms with van der Waals surface area (Å²) in [5, 5.41) is 12.3. The van der Waals surface area contributed by atoms with Crippen LogP contribution in [0.1, 0.15) is 311 Å². The summed E-state index contributed by atoms with van der Waals surface area (Å²) in [5.74, 6) is -2.03. The Morgan fingerprint density at radius 2 is 0.651 bits per heavy atom. The summed E-state index contributed by atoms with van der Waals surface area (Å²) in [6.45, 7) is 35.2. The zero-order valence-corrected chi connectivity index (χ0v) is 55.1. The maximum absolute atomic E-state index is 15.7. The van der Waals surface area contributed by atoms with E-state index >= 15 is 19.2 Å². The number of pyridine rings is 1. The van der Waals surface area contributed by atoms with Gasteiger partial charge in [0, 0.05) is 12.1 Å². The molecule has 0 saturated carbocycles. The molecule has 0 N–H and O–H groups in total. The molecule has 10 unspecified atom stereocenters. The Hall–Kier alpha value is -3.70. The molecule has 0 aliphatic carbocycles. The number of carbonyl (C=O) groups excluding carboxylic acids is 5. The van der Waals surface area contributed by atoms with E-state index in [0.29, 0.717) is 6.42 Å². The van der Waals surface area contributed by atoms with Gasteiger partial charge < -0.3 is 28.9 Å². The minimum absolute atomic E-state index is 0. The second kappa shape index (κ2) is 42.2. The standard InChI is InChI=1S/C69H123NO11.2CH4/c1-18-29-34-53(23-6)44-77-60(71)65(12,13)49-67(15,62(73)79-46-55(25-8)36-31-20-3)51-69(17,64(75)81-48-57(27-10)38-33-22-5)52-68(16,63(74)80-47-56(26-9)37-32-21-4)50-66(14,61(72)78-45-54(24-7)35-30-19-2)43-58(28-11)59-39-41-70(76)42-40-59;;/h39-42,53-58H,18-38,43-52H2,1-17H3;2*1H4. The van der Waals surface area contributed by atoms with Crippen molar-refractivity contribution in [2.24, 2.45) is 56.7 Å². The number of nitrogens with zero attached hydrogens (tertiary/aromatic N) is 1. The van der Waals surface area contributed by atoms with Crippen LogP contribution in [-0.2, 0) is 47.7 Å². The van der Waals surface area contributed by atoms with Gasteiger partial charge in [0.1, 0.15) is 0 Å². The molecule has 0 radical (unpaired) electrons. The average Bonchev–Trinajstić information content (AvgIpc) is 3.64. The Kier molecular flexibility index (Phi) is 41.4. The average molecular weight is 1170 g/mol. The van der Waals surface area contributed by atoms with Gasteiger partial charge in [0.25, 0.3) is 0 Å². The lowest BCUT2D eigenvalue weighted by atomic mass is 9.59. The number of ether oxygens (including phenoxy) is 5. The van der Waals surface area contributed by atoms with Gasteiger partial charge in [0.05, 0.1) is 60.1 Å². The van der Waals surface area contributed by atoms with Crippen molar-refractivity contribution in [1.29, 1.82) is 0 Å². The van der Waals surface area contributed by atoms with E-state index in [2.05, 4.69) is 76.2 Å². The second-order valence-corrected chi connectivity index (χ2v) is 26.7. The number of rotatable bonds is 47. The molecule has 0 fully saturated rings. The molecule has 0 amide bonds. The summed E-state index contributed by atoms with van der Waals surface area (Å²) < 4.78 is 32.7. The minimum atomic E-state index is -1.58. The Morgan fingerprint density at radius 3 is 0.916 bits per heavy atom. The summed E-state index contributed by atoms with van der Waals surface area (Å²) in [5.41, 5.74) is -6.25. The highest BCUT2D eigenvalue weighted by molar-refractivity contribution is 5.85. The first-order valence-electron chi connectivity index (χ1n) is 32.9. The summed E-state index contributed by atoms with van der Waals surface area (Å²) in [6, 6.07) is 3.57. The van der Waals surface area contributed by atoms with Gasteiger partial charge in [-0.15, -0.1) is 0 Å². The fourth-order valence-electron chi connectivity index (χ4n) is 12.6. The highest BCUT2D eigenvalue weighted by Gasteiger charge is 2.56. The lowest BCUT2D eigenvalue weighted by molar-refractivity contribution is -0.605. The first kappa shape index (κ1) is 81.4. The summed E-state index contributed by atoms with van der Waals surface area (Å²) in [4.78, 5) is 76.5. The van der Waals surface area contributed by atoms with Crippen molar-refractivity contribution < 1.29 is 52.4 Å². The number of carbonyl (C=O) groups is 5. The number of hydrogen-bond donors (Lipinski definition) is 0. The molecule has 12 nitrogen and oxygen atoms in total. The SMILES string of the molecule is C.C.CCCCC(CC)COC(=O)C(C)(C)CC(C)(CC(C)(CC(C)(CC(C)(CC(CC)c1cc[n+]([O-])cc1)C(=O)OCC(CC)CCCC)C(=O)OCC(CC)CCCC)C(=O)OCC(CC)CCCC)C(=O)OCC(CC)CCCC. The lowest BCUT2D eigenvalue weighted by Gasteiger charge is -2.45. The molecule has 0 aliphatic rings. The first-order valence-corrected chi connectivity index (χ1v) is 32.9. The smallest absolute Gasteiger partial charge is 0.311 e. The molecular formula is C71H131NO11. The van der Waals surface area contributed by atoms with Crippen molar-refractivity contribution in [2.75, 3.05) is 33.0 Å². The molecule has 83 heavy (non-hydrogen) atoms. The van der Waals surface area contributed by atoms with Crippen LogP contribution >= 0.6 is 0 Å². The quantitative estimate of drug-likeness (QED) is 0.0265. The number of unbranched alkanes of at least 4 members (excludes halogenated alkanes) is 5. The predicted molar refractivity (Wildman–Crippen MR) is 343 cm³/mol. The molecule has 1 rings (SSSR count). The van der Waals surface area contributed by atoms with Crippen LogP contribution in [0.3, 0.4) is 0 Å². The fourth-order valence-corrected chi connectivity index (χ4v) is 12.6. The third-order valence-electron chi connectivity index (χ3n) is 18.2. The molecule has 0 saturated heterocycles. The van der Waals surface area contributed by atoms with Crippen LogP contribution in [0.5, 0.6) is 0 Å². The molecule has 0 aromatic carbocycles. The molecule has 10 atom stereocenters. The monoisotopic (exact) mass is 1170 g/mol. The molecule has 0 bridgehead atoms. The van der Waals surface area contributed by atoms with Crippen LogP contribution in [0, 0.1) is 61.9 Å². The van der Waals surface area contributed by atoms with E-state index in [1.807, 2.05) is 13.8 Å². The van der Waals surface area contributed by atoms with Gasteiger partial charge in [0.15, 0.2) is 12.4 Å². The summed E-state index contributed by atoms with van der Waals surface area (Å²) in [7, 11) is 0. The van der Waals surface area contributed by atoms with E-state index in [-0.39, 0.29) is 115 Å². The highest BCUT2D eigenvalue weighted by atomic mass is 16.6. The van der Waals surface area contributed by atoms with Crippen molar-refractivity contribution in [2.45, 2.75) is 305 Å². The molecule has 0 aliphatic heterocycles. The van der Waals surface area contributed by atoms with Crippen LogP contribution in [-0.4, -0.2) is 62.9 Å². The van der Waals surface area contributed by atoms with Gasteiger partial charge in [-0.3, -0.25) is 24.0 Å². The van der Waals surface area contributed by atoms with Gasteiger partial charge in [-0.25, -0.2) is 0 Å². The lowest BCUT2D eigenvalue weighted by Crippen LogP contribution is -2.49. The Bertz CT molecular complexity index is 1920. The summed E-state index contributed by atoms with van der Waals surface area (Å²) in [6.07, 6.45) is 22.2. The minimum Gasteiger partial charge on any atom is -0.619 e. The zero-order chi connectivity index (χ0) is 61.3. The number of hydrogen-bond acceptors (Lipinski definition) is 11. The number of aromatic nitrogens is 1. The molecule has 0 spiro atoms. The molecular weight excluding hydrogens is 1040 g/mol. The molecule has 1 heterocycles.